The van der Waals surface area contributed by atoms with Crippen LogP contribution in [0.4, 0.5) is 0 Å². The second-order valence-corrected chi connectivity index (χ2v) is 5.28. The molecule has 21 heavy (non-hydrogen) atoms. The molecule has 4 heteroatoms. The van der Waals surface area contributed by atoms with Crippen molar-refractivity contribution in [3.63, 3.8) is 0 Å². The highest BCUT2D eigenvalue weighted by molar-refractivity contribution is 5.70. The van der Waals surface area contributed by atoms with Crippen LogP contribution in [0, 0.1) is 0 Å². The molecular weight excluding hydrogens is 266 g/mol. The smallest absolute Gasteiger partial charge is 0.161 e. The molecule has 0 spiro atoms. The fourth-order valence-corrected chi connectivity index (χ4v) is 2.93. The number of hydrogen-bond donors (Lipinski definition) is 1. The van der Waals surface area contributed by atoms with Gasteiger partial charge >= 0.3 is 0 Å². The van der Waals surface area contributed by atoms with E-state index in [1.54, 1.807) is 0 Å². The average Bonchev–Trinajstić information content (AvgIpc) is 3.02. The van der Waals surface area contributed by atoms with Gasteiger partial charge in [0.05, 0.1) is 6.61 Å². The largest absolute Gasteiger partial charge is 0.493 e. The lowest BCUT2D eigenvalue weighted by Gasteiger charge is -2.19. The van der Waals surface area contributed by atoms with Crippen molar-refractivity contribution >= 4 is 0 Å². The highest BCUT2D eigenvalue weighted by atomic mass is 16.6. The standard InChI is InChI=1S/C17H17NO3/c18-10-14-8-13(7-12-3-4-21-17(12)14)11-1-2-15-16(9-11)20-6-5-19-15/h1-2,7-9H,3-6,10,18H2. The molecule has 2 aliphatic heterocycles. The molecule has 0 aliphatic carbocycles. The third-order valence-corrected chi connectivity index (χ3v) is 3.96. The number of benzene rings is 2. The summed E-state index contributed by atoms with van der Waals surface area (Å²) in [5, 5.41) is 0. The summed E-state index contributed by atoms with van der Waals surface area (Å²) in [7, 11) is 0. The highest BCUT2D eigenvalue weighted by Crippen LogP contribution is 2.38. The van der Waals surface area contributed by atoms with Crippen LogP contribution >= 0.6 is 0 Å². The Bertz CT molecular complexity index is 697. The second kappa shape index (κ2) is 4.97. The fraction of sp³-hybridized carbons (Fsp3) is 0.294. The SMILES string of the molecule is NCc1cc(-c2ccc3c(c2)OCCO3)cc2c1OCC2. The van der Waals surface area contributed by atoms with E-state index < -0.39 is 0 Å². The van der Waals surface area contributed by atoms with Crippen LogP contribution in [0.2, 0.25) is 0 Å². The average molecular weight is 283 g/mol. The maximum atomic E-state index is 5.86. The molecule has 0 atom stereocenters. The number of fused-ring (bicyclic) bond motifs is 2. The minimum Gasteiger partial charge on any atom is -0.493 e. The number of hydrogen-bond acceptors (Lipinski definition) is 4. The van der Waals surface area contributed by atoms with Crippen LogP contribution < -0.4 is 19.9 Å². The van der Waals surface area contributed by atoms with E-state index in [1.165, 1.54) is 5.56 Å². The van der Waals surface area contributed by atoms with E-state index >= 15 is 0 Å². The summed E-state index contributed by atoms with van der Waals surface area (Å²) < 4.78 is 16.9. The molecule has 0 saturated heterocycles. The Morgan fingerprint density at radius 3 is 2.57 bits per heavy atom. The predicted molar refractivity (Wildman–Crippen MR) is 80.0 cm³/mol. The zero-order valence-electron chi connectivity index (χ0n) is 11.7. The van der Waals surface area contributed by atoms with Gasteiger partial charge in [-0.3, -0.25) is 0 Å². The first-order valence-electron chi connectivity index (χ1n) is 7.24. The van der Waals surface area contributed by atoms with Crippen LogP contribution in [-0.2, 0) is 13.0 Å². The van der Waals surface area contributed by atoms with E-state index in [0.29, 0.717) is 19.8 Å². The van der Waals surface area contributed by atoms with Gasteiger partial charge in [-0.1, -0.05) is 6.07 Å². The summed E-state index contributed by atoms with van der Waals surface area (Å²) in [6.45, 7) is 2.44. The Hall–Kier alpha value is -2.20. The summed E-state index contributed by atoms with van der Waals surface area (Å²) in [6.07, 6.45) is 0.945. The molecular formula is C17H17NO3. The van der Waals surface area contributed by atoms with E-state index in [9.17, 15) is 0 Å². The molecule has 2 aliphatic rings. The molecule has 2 N–H and O–H groups in total. The molecule has 0 radical (unpaired) electrons. The Labute approximate surface area is 123 Å². The van der Waals surface area contributed by atoms with Gasteiger partial charge in [-0.15, -0.1) is 0 Å². The first-order valence-corrected chi connectivity index (χ1v) is 7.24. The van der Waals surface area contributed by atoms with E-state index in [-0.39, 0.29) is 0 Å². The Morgan fingerprint density at radius 2 is 1.71 bits per heavy atom. The van der Waals surface area contributed by atoms with Gasteiger partial charge in [-0.25, -0.2) is 0 Å². The Morgan fingerprint density at radius 1 is 0.857 bits per heavy atom. The van der Waals surface area contributed by atoms with Crippen LogP contribution in [-0.4, -0.2) is 19.8 Å². The van der Waals surface area contributed by atoms with Gasteiger partial charge in [-0.05, 0) is 41.0 Å². The number of nitrogens with two attached hydrogens (primary N) is 1. The maximum Gasteiger partial charge on any atom is 0.161 e. The lowest BCUT2D eigenvalue weighted by molar-refractivity contribution is 0.171. The van der Waals surface area contributed by atoms with Gasteiger partial charge in [0, 0.05) is 18.5 Å². The lowest BCUT2D eigenvalue weighted by atomic mass is 9.98. The second-order valence-electron chi connectivity index (χ2n) is 5.28. The van der Waals surface area contributed by atoms with Gasteiger partial charge in [0.25, 0.3) is 0 Å². The predicted octanol–water partition coefficient (Wildman–Crippen LogP) is 2.52. The van der Waals surface area contributed by atoms with Crippen LogP contribution in [0.15, 0.2) is 30.3 Å². The Kier molecular flexibility index (Phi) is 2.97. The van der Waals surface area contributed by atoms with E-state index in [4.69, 9.17) is 19.9 Å². The van der Waals surface area contributed by atoms with Crippen LogP contribution in [0.25, 0.3) is 11.1 Å². The van der Waals surface area contributed by atoms with Crippen LogP contribution in [0.1, 0.15) is 11.1 Å². The summed E-state index contributed by atoms with van der Waals surface area (Å²) in [5.74, 6) is 2.59. The molecule has 108 valence electrons. The molecule has 4 rings (SSSR count). The monoisotopic (exact) mass is 283 g/mol. The lowest BCUT2D eigenvalue weighted by Crippen LogP contribution is -2.15. The van der Waals surface area contributed by atoms with Gasteiger partial charge < -0.3 is 19.9 Å². The van der Waals surface area contributed by atoms with Crippen molar-refractivity contribution in [3.05, 3.63) is 41.5 Å². The third-order valence-electron chi connectivity index (χ3n) is 3.96. The Balaban J connectivity index is 1.80. The first-order chi connectivity index (χ1) is 10.3. The van der Waals surface area contributed by atoms with Crippen molar-refractivity contribution in [1.82, 2.24) is 0 Å². The molecule has 2 heterocycles. The maximum absolute atomic E-state index is 5.86. The van der Waals surface area contributed by atoms with Gasteiger partial charge in [0.15, 0.2) is 11.5 Å². The molecule has 2 aromatic carbocycles. The van der Waals surface area contributed by atoms with E-state index in [2.05, 4.69) is 18.2 Å². The van der Waals surface area contributed by atoms with Gasteiger partial charge in [0.1, 0.15) is 19.0 Å². The highest BCUT2D eigenvalue weighted by Gasteiger charge is 2.19. The molecule has 0 saturated carbocycles. The molecule has 0 aromatic heterocycles. The summed E-state index contributed by atoms with van der Waals surface area (Å²) in [4.78, 5) is 0. The molecule has 2 aromatic rings. The molecule has 0 fully saturated rings. The quantitative estimate of drug-likeness (QED) is 0.920. The van der Waals surface area contributed by atoms with Crippen molar-refractivity contribution < 1.29 is 14.2 Å². The summed E-state index contributed by atoms with van der Waals surface area (Å²) >= 11 is 0. The number of rotatable bonds is 2. The van der Waals surface area contributed by atoms with Gasteiger partial charge in [0.2, 0.25) is 0 Å². The van der Waals surface area contributed by atoms with Crippen LogP contribution in [0.5, 0.6) is 17.2 Å². The van der Waals surface area contributed by atoms with Gasteiger partial charge in [-0.2, -0.15) is 0 Å². The number of ether oxygens (including phenoxy) is 3. The topological polar surface area (TPSA) is 53.7 Å². The molecule has 0 amide bonds. The minimum absolute atomic E-state index is 0.487. The molecule has 0 bridgehead atoms. The summed E-state index contributed by atoms with van der Waals surface area (Å²) in [5.41, 5.74) is 10.4. The zero-order valence-corrected chi connectivity index (χ0v) is 11.7. The molecule has 4 nitrogen and oxygen atoms in total. The first kappa shape index (κ1) is 12.5. The van der Waals surface area contributed by atoms with Crippen molar-refractivity contribution in [2.24, 2.45) is 5.73 Å². The normalized spacial score (nSPS) is 15.5. The minimum atomic E-state index is 0.487. The zero-order chi connectivity index (χ0) is 14.2. The van der Waals surface area contributed by atoms with E-state index in [1.807, 2.05) is 12.1 Å². The van der Waals surface area contributed by atoms with Crippen LogP contribution in [0.3, 0.4) is 0 Å². The van der Waals surface area contributed by atoms with Crippen molar-refractivity contribution in [1.29, 1.82) is 0 Å². The molecule has 0 unspecified atom stereocenters. The van der Waals surface area contributed by atoms with Crippen molar-refractivity contribution in [2.45, 2.75) is 13.0 Å². The summed E-state index contributed by atoms with van der Waals surface area (Å²) in [6, 6.07) is 10.4. The van der Waals surface area contributed by atoms with E-state index in [0.717, 1.165) is 47.0 Å². The van der Waals surface area contributed by atoms with Crippen molar-refractivity contribution in [2.75, 3.05) is 19.8 Å². The fourth-order valence-electron chi connectivity index (χ4n) is 2.93. The third kappa shape index (κ3) is 2.12. The van der Waals surface area contributed by atoms with Crippen molar-refractivity contribution in [3.8, 4) is 28.4 Å².